The van der Waals surface area contributed by atoms with Gasteiger partial charge in [0.1, 0.15) is 5.41 Å². The van der Waals surface area contributed by atoms with Gasteiger partial charge in [-0.3, -0.25) is 9.88 Å². The predicted molar refractivity (Wildman–Crippen MR) is 97.2 cm³/mol. The molecule has 0 spiro atoms. The van der Waals surface area contributed by atoms with Gasteiger partial charge >= 0.3 is 0 Å². The van der Waals surface area contributed by atoms with Gasteiger partial charge < -0.3 is 0 Å². The molecule has 3 nitrogen and oxygen atoms in total. The van der Waals surface area contributed by atoms with Gasteiger partial charge in [-0.15, -0.1) is 0 Å². The van der Waals surface area contributed by atoms with Crippen molar-refractivity contribution in [2.24, 2.45) is 5.92 Å². The summed E-state index contributed by atoms with van der Waals surface area (Å²) in [5, 5.41) is 10.0. The number of rotatable bonds is 9. The Hall–Kier alpha value is -1.40. The van der Waals surface area contributed by atoms with Gasteiger partial charge in [-0.2, -0.15) is 5.26 Å². The van der Waals surface area contributed by atoms with Crippen LogP contribution in [0.1, 0.15) is 66.5 Å². The molecule has 0 unspecified atom stereocenters. The molecule has 0 aliphatic rings. The topological polar surface area (TPSA) is 39.9 Å². The van der Waals surface area contributed by atoms with Gasteiger partial charge in [0.15, 0.2) is 0 Å². The van der Waals surface area contributed by atoms with E-state index in [0.717, 1.165) is 31.5 Å². The van der Waals surface area contributed by atoms with Gasteiger partial charge in [0.25, 0.3) is 0 Å². The molecule has 0 aliphatic carbocycles. The number of pyridine rings is 1. The van der Waals surface area contributed by atoms with Gasteiger partial charge in [0.2, 0.25) is 0 Å². The molecule has 3 heteroatoms. The highest BCUT2D eigenvalue weighted by Crippen LogP contribution is 2.33. The van der Waals surface area contributed by atoms with Crippen molar-refractivity contribution in [3.63, 3.8) is 0 Å². The van der Waals surface area contributed by atoms with E-state index in [1.807, 2.05) is 18.2 Å². The molecule has 0 bridgehead atoms. The van der Waals surface area contributed by atoms with Gasteiger partial charge in [-0.1, -0.05) is 19.9 Å². The van der Waals surface area contributed by atoms with Crippen LogP contribution < -0.4 is 0 Å². The van der Waals surface area contributed by atoms with Crippen LogP contribution in [0.3, 0.4) is 0 Å². The average molecular weight is 316 g/mol. The number of hydrogen-bond acceptors (Lipinski definition) is 3. The fraction of sp³-hybridized carbons (Fsp3) is 0.700. The summed E-state index contributed by atoms with van der Waals surface area (Å²) in [7, 11) is 0. The molecule has 1 aromatic heterocycles. The molecule has 128 valence electrons. The standard InChI is InChI=1S/C20H33N3/c1-16(2)10-11-20(15-21,19-9-7-8-13-22-19)12-14-23(17(3)4)18(5)6/h7-9,13,16-18H,10-12,14H2,1-6H3/t20-/m1/s1. The molecule has 0 radical (unpaired) electrons. The Morgan fingerprint density at radius 1 is 1.09 bits per heavy atom. The summed E-state index contributed by atoms with van der Waals surface area (Å²) >= 11 is 0. The molecule has 1 rings (SSSR count). The number of hydrogen-bond donors (Lipinski definition) is 0. The molecule has 0 aliphatic heterocycles. The van der Waals surface area contributed by atoms with E-state index < -0.39 is 5.41 Å². The largest absolute Gasteiger partial charge is 0.298 e. The number of aromatic nitrogens is 1. The van der Waals surface area contributed by atoms with E-state index in [-0.39, 0.29) is 0 Å². The molecule has 1 atom stereocenters. The smallest absolute Gasteiger partial charge is 0.100 e. The Bertz CT molecular complexity index is 479. The minimum Gasteiger partial charge on any atom is -0.298 e. The maximum absolute atomic E-state index is 10.0. The van der Waals surface area contributed by atoms with Crippen molar-refractivity contribution in [3.8, 4) is 6.07 Å². The lowest BCUT2D eigenvalue weighted by Gasteiger charge is -2.34. The fourth-order valence-corrected chi connectivity index (χ4v) is 3.16. The Morgan fingerprint density at radius 3 is 2.17 bits per heavy atom. The summed E-state index contributed by atoms with van der Waals surface area (Å²) in [5.74, 6) is 0.595. The van der Waals surface area contributed by atoms with Crippen molar-refractivity contribution in [1.29, 1.82) is 5.26 Å². The zero-order valence-electron chi connectivity index (χ0n) is 15.7. The fourth-order valence-electron chi connectivity index (χ4n) is 3.16. The van der Waals surface area contributed by atoms with Crippen molar-refractivity contribution in [3.05, 3.63) is 30.1 Å². The maximum atomic E-state index is 10.0. The normalized spacial score (nSPS) is 14.5. The van der Waals surface area contributed by atoms with E-state index in [9.17, 15) is 5.26 Å². The molecule has 0 aromatic carbocycles. The first kappa shape index (κ1) is 19.6. The third-order valence-electron chi connectivity index (χ3n) is 4.64. The molecule has 0 saturated heterocycles. The van der Waals surface area contributed by atoms with Crippen LogP contribution in [0.5, 0.6) is 0 Å². The van der Waals surface area contributed by atoms with Crippen molar-refractivity contribution in [1.82, 2.24) is 9.88 Å². The van der Waals surface area contributed by atoms with Crippen LogP contribution in [0.4, 0.5) is 0 Å². The highest BCUT2D eigenvalue weighted by atomic mass is 15.2. The Kier molecular flexibility index (Phi) is 7.72. The van der Waals surface area contributed by atoms with E-state index >= 15 is 0 Å². The quantitative estimate of drug-likeness (QED) is 0.658. The molecule has 0 N–H and O–H groups in total. The summed E-state index contributed by atoms with van der Waals surface area (Å²) < 4.78 is 0. The Morgan fingerprint density at radius 2 is 1.74 bits per heavy atom. The van der Waals surface area contributed by atoms with Crippen LogP contribution >= 0.6 is 0 Å². The molecule has 23 heavy (non-hydrogen) atoms. The van der Waals surface area contributed by atoms with Crippen molar-refractivity contribution < 1.29 is 0 Å². The first-order valence-electron chi connectivity index (χ1n) is 8.91. The molecule has 1 aromatic rings. The van der Waals surface area contributed by atoms with E-state index in [4.69, 9.17) is 0 Å². The molecule has 0 fully saturated rings. The second-order valence-electron chi connectivity index (χ2n) is 7.52. The lowest BCUT2D eigenvalue weighted by atomic mass is 9.76. The van der Waals surface area contributed by atoms with Gasteiger partial charge in [0.05, 0.1) is 11.8 Å². The van der Waals surface area contributed by atoms with Crippen LogP contribution in [-0.4, -0.2) is 28.5 Å². The highest BCUT2D eigenvalue weighted by molar-refractivity contribution is 5.26. The van der Waals surface area contributed by atoms with Gasteiger partial charge in [0, 0.05) is 24.8 Å². The lowest BCUT2D eigenvalue weighted by Crippen LogP contribution is -2.41. The SMILES string of the molecule is CC(C)CC[C@](C#N)(CCN(C(C)C)C(C)C)c1ccccn1. The minimum atomic E-state index is -0.479. The van der Waals surface area contributed by atoms with Crippen LogP contribution in [-0.2, 0) is 5.41 Å². The first-order chi connectivity index (χ1) is 10.8. The predicted octanol–water partition coefficient (Wildman–Crippen LogP) is 4.79. The summed E-state index contributed by atoms with van der Waals surface area (Å²) in [5.41, 5.74) is 0.448. The molecular formula is C20H33N3. The number of nitriles is 1. The molecule has 0 amide bonds. The van der Waals surface area contributed by atoms with Gasteiger partial charge in [-0.25, -0.2) is 0 Å². The van der Waals surface area contributed by atoms with Crippen molar-refractivity contribution in [2.45, 2.75) is 78.3 Å². The Labute approximate surface area is 142 Å². The zero-order valence-corrected chi connectivity index (χ0v) is 15.7. The maximum Gasteiger partial charge on any atom is 0.100 e. The van der Waals surface area contributed by atoms with Crippen LogP contribution in [0.25, 0.3) is 0 Å². The highest BCUT2D eigenvalue weighted by Gasteiger charge is 2.34. The Balaban J connectivity index is 3.02. The summed E-state index contributed by atoms with van der Waals surface area (Å²) in [6, 6.07) is 9.53. The van der Waals surface area contributed by atoms with Crippen LogP contribution in [0.15, 0.2) is 24.4 Å². The number of nitrogens with zero attached hydrogens (tertiary/aromatic N) is 3. The van der Waals surface area contributed by atoms with Crippen molar-refractivity contribution >= 4 is 0 Å². The zero-order chi connectivity index (χ0) is 17.5. The van der Waals surface area contributed by atoms with Crippen LogP contribution in [0.2, 0.25) is 0 Å². The van der Waals surface area contributed by atoms with Crippen molar-refractivity contribution in [2.75, 3.05) is 6.54 Å². The first-order valence-corrected chi connectivity index (χ1v) is 8.91. The van der Waals surface area contributed by atoms with Gasteiger partial charge in [-0.05, 0) is 65.0 Å². The monoisotopic (exact) mass is 315 g/mol. The molecule has 1 heterocycles. The second-order valence-corrected chi connectivity index (χ2v) is 7.52. The second kappa shape index (κ2) is 9.03. The summed E-state index contributed by atoms with van der Waals surface area (Å²) in [4.78, 5) is 6.99. The minimum absolute atomic E-state index is 0.479. The lowest BCUT2D eigenvalue weighted by molar-refractivity contribution is 0.160. The molecule has 0 saturated carbocycles. The third-order valence-corrected chi connectivity index (χ3v) is 4.64. The van der Waals surface area contributed by atoms with Crippen LogP contribution in [0, 0.1) is 17.2 Å². The van der Waals surface area contributed by atoms with E-state index in [0.29, 0.717) is 18.0 Å². The van der Waals surface area contributed by atoms with E-state index in [1.165, 1.54) is 0 Å². The van der Waals surface area contributed by atoms with E-state index in [1.54, 1.807) is 6.20 Å². The summed E-state index contributed by atoms with van der Waals surface area (Å²) in [6.45, 7) is 14.3. The molecular weight excluding hydrogens is 282 g/mol. The third kappa shape index (κ3) is 5.62. The van der Waals surface area contributed by atoms with E-state index in [2.05, 4.69) is 57.5 Å². The average Bonchev–Trinajstić information content (AvgIpc) is 2.51. The summed E-state index contributed by atoms with van der Waals surface area (Å²) in [6.07, 6.45) is 4.57.